The molecule has 1 amide bonds. The van der Waals surface area contributed by atoms with E-state index < -0.39 is 29.9 Å². The SMILES string of the molecule is CCCCCCCCCCCCC[C@@H](O)C[C@H](O)[C@H](Cc1ccccc1)NC(=O)OC(C)(C)C. The van der Waals surface area contributed by atoms with Gasteiger partial charge in [-0.05, 0) is 39.2 Å². The van der Waals surface area contributed by atoms with Crippen molar-refractivity contribution in [1.29, 1.82) is 0 Å². The van der Waals surface area contributed by atoms with Crippen LogP contribution in [0.15, 0.2) is 30.3 Å². The van der Waals surface area contributed by atoms with Crippen LogP contribution in [0.4, 0.5) is 4.79 Å². The van der Waals surface area contributed by atoms with Crippen LogP contribution in [0.1, 0.15) is 117 Å². The third kappa shape index (κ3) is 16.1. The van der Waals surface area contributed by atoms with Crippen molar-refractivity contribution in [3.8, 4) is 0 Å². The predicted molar refractivity (Wildman–Crippen MR) is 141 cm³/mol. The van der Waals surface area contributed by atoms with E-state index in [1.165, 1.54) is 57.8 Å². The third-order valence-corrected chi connectivity index (χ3v) is 6.12. The van der Waals surface area contributed by atoms with Gasteiger partial charge in [0.25, 0.3) is 0 Å². The monoisotopic (exact) mass is 477 g/mol. The van der Waals surface area contributed by atoms with Gasteiger partial charge in [0, 0.05) is 6.42 Å². The summed E-state index contributed by atoms with van der Waals surface area (Å²) < 4.78 is 5.38. The number of rotatable bonds is 18. The molecule has 0 fully saturated rings. The quantitative estimate of drug-likeness (QED) is 0.200. The molecular formula is C29H51NO4. The van der Waals surface area contributed by atoms with Crippen molar-refractivity contribution in [1.82, 2.24) is 5.32 Å². The van der Waals surface area contributed by atoms with Crippen LogP contribution in [-0.2, 0) is 11.2 Å². The summed E-state index contributed by atoms with van der Waals surface area (Å²) in [5, 5.41) is 24.1. The summed E-state index contributed by atoms with van der Waals surface area (Å²) in [7, 11) is 0. The maximum atomic E-state index is 12.3. The Bertz CT molecular complexity index is 629. The lowest BCUT2D eigenvalue weighted by molar-refractivity contribution is 0.0291. The first kappa shape index (κ1) is 30.4. The predicted octanol–water partition coefficient (Wildman–Crippen LogP) is 6.94. The number of alkyl carbamates (subject to hydrolysis) is 1. The van der Waals surface area contributed by atoms with Gasteiger partial charge in [0.15, 0.2) is 0 Å². The molecule has 1 rings (SSSR count). The lowest BCUT2D eigenvalue weighted by atomic mass is 9.95. The third-order valence-electron chi connectivity index (χ3n) is 6.12. The van der Waals surface area contributed by atoms with Gasteiger partial charge < -0.3 is 20.3 Å². The van der Waals surface area contributed by atoms with E-state index in [1.807, 2.05) is 51.1 Å². The van der Waals surface area contributed by atoms with Gasteiger partial charge in [0.2, 0.25) is 0 Å². The molecule has 34 heavy (non-hydrogen) atoms. The fourth-order valence-electron chi connectivity index (χ4n) is 4.22. The van der Waals surface area contributed by atoms with Crippen LogP contribution in [0.3, 0.4) is 0 Å². The van der Waals surface area contributed by atoms with Crippen LogP contribution < -0.4 is 5.32 Å². The number of benzene rings is 1. The van der Waals surface area contributed by atoms with Crippen molar-refractivity contribution in [2.24, 2.45) is 0 Å². The van der Waals surface area contributed by atoms with Crippen molar-refractivity contribution >= 4 is 6.09 Å². The van der Waals surface area contributed by atoms with Gasteiger partial charge in [-0.3, -0.25) is 0 Å². The van der Waals surface area contributed by atoms with Crippen molar-refractivity contribution in [3.63, 3.8) is 0 Å². The molecule has 0 heterocycles. The molecule has 5 nitrogen and oxygen atoms in total. The van der Waals surface area contributed by atoms with Gasteiger partial charge in [0.05, 0.1) is 18.2 Å². The molecule has 3 atom stereocenters. The standard InChI is InChI=1S/C29H51NO4/c1-5-6-7-8-9-10-11-12-13-14-18-21-25(31)23-27(32)26(22-24-19-16-15-17-20-24)30-28(33)34-29(2,3)4/h15-17,19-20,25-27,31-32H,5-14,18,21-23H2,1-4H3,(H,30,33)/t25-,26+,27+/m1/s1. The number of amides is 1. The highest BCUT2D eigenvalue weighted by atomic mass is 16.6. The minimum absolute atomic E-state index is 0.241. The Hall–Kier alpha value is -1.59. The smallest absolute Gasteiger partial charge is 0.407 e. The summed E-state index contributed by atoms with van der Waals surface area (Å²) in [6, 6.07) is 9.23. The number of hydrogen-bond donors (Lipinski definition) is 3. The normalized spacial score (nSPS) is 14.4. The van der Waals surface area contributed by atoms with E-state index in [2.05, 4.69) is 12.2 Å². The number of nitrogens with one attached hydrogen (secondary N) is 1. The molecule has 3 N–H and O–H groups in total. The molecule has 0 aliphatic rings. The van der Waals surface area contributed by atoms with Gasteiger partial charge in [-0.2, -0.15) is 0 Å². The number of carbonyl (C=O) groups is 1. The molecule has 5 heteroatoms. The Kier molecular flexibility index (Phi) is 15.9. The number of aliphatic hydroxyl groups excluding tert-OH is 2. The molecule has 0 saturated carbocycles. The highest BCUT2D eigenvalue weighted by molar-refractivity contribution is 5.68. The van der Waals surface area contributed by atoms with Crippen molar-refractivity contribution in [2.45, 2.75) is 141 Å². The van der Waals surface area contributed by atoms with E-state index in [0.29, 0.717) is 12.8 Å². The van der Waals surface area contributed by atoms with Crippen molar-refractivity contribution in [3.05, 3.63) is 35.9 Å². The van der Waals surface area contributed by atoms with Gasteiger partial charge in [-0.15, -0.1) is 0 Å². The van der Waals surface area contributed by atoms with Gasteiger partial charge >= 0.3 is 6.09 Å². The van der Waals surface area contributed by atoms with Crippen LogP contribution in [0.25, 0.3) is 0 Å². The highest BCUT2D eigenvalue weighted by Gasteiger charge is 2.26. The molecule has 1 aromatic rings. The van der Waals surface area contributed by atoms with E-state index in [9.17, 15) is 15.0 Å². The maximum absolute atomic E-state index is 12.3. The molecule has 0 aromatic heterocycles. The minimum atomic E-state index is -0.851. The summed E-state index contributed by atoms with van der Waals surface area (Å²) >= 11 is 0. The number of carbonyl (C=O) groups excluding carboxylic acids is 1. The van der Waals surface area contributed by atoms with Crippen LogP contribution in [0.5, 0.6) is 0 Å². The first-order chi connectivity index (χ1) is 16.2. The topological polar surface area (TPSA) is 78.8 Å². The van der Waals surface area contributed by atoms with Gasteiger partial charge in [-0.1, -0.05) is 108 Å². The lowest BCUT2D eigenvalue weighted by Gasteiger charge is -2.28. The first-order valence-corrected chi connectivity index (χ1v) is 13.6. The summed E-state index contributed by atoms with van der Waals surface area (Å²) in [6.07, 6.45) is 13.4. The Morgan fingerprint density at radius 1 is 0.882 bits per heavy atom. The van der Waals surface area contributed by atoms with Crippen LogP contribution in [0.2, 0.25) is 0 Å². The number of unbranched alkanes of at least 4 members (excludes halogenated alkanes) is 10. The average molecular weight is 478 g/mol. The molecule has 0 radical (unpaired) electrons. The zero-order valence-electron chi connectivity index (χ0n) is 22.2. The van der Waals surface area contributed by atoms with E-state index in [4.69, 9.17) is 4.74 Å². The number of ether oxygens (including phenoxy) is 1. The Morgan fingerprint density at radius 3 is 1.94 bits per heavy atom. The lowest BCUT2D eigenvalue weighted by Crippen LogP contribution is -2.47. The van der Waals surface area contributed by atoms with Crippen molar-refractivity contribution < 1.29 is 19.7 Å². The molecule has 0 spiro atoms. The van der Waals surface area contributed by atoms with E-state index in [1.54, 1.807) is 0 Å². The zero-order valence-corrected chi connectivity index (χ0v) is 22.2. The second-order valence-electron chi connectivity index (χ2n) is 10.7. The number of aliphatic hydroxyl groups is 2. The molecule has 0 aliphatic carbocycles. The molecule has 1 aromatic carbocycles. The molecule has 0 aliphatic heterocycles. The minimum Gasteiger partial charge on any atom is -0.444 e. The summed E-state index contributed by atoms with van der Waals surface area (Å²) in [5.74, 6) is 0. The summed E-state index contributed by atoms with van der Waals surface area (Å²) in [6.45, 7) is 7.69. The Balaban J connectivity index is 2.34. The Morgan fingerprint density at radius 2 is 1.41 bits per heavy atom. The van der Waals surface area contributed by atoms with Crippen LogP contribution in [0, 0.1) is 0 Å². The zero-order chi connectivity index (χ0) is 25.2. The number of hydrogen-bond acceptors (Lipinski definition) is 4. The summed E-state index contributed by atoms with van der Waals surface area (Å²) in [4.78, 5) is 12.3. The van der Waals surface area contributed by atoms with Crippen LogP contribution in [-0.4, -0.2) is 40.2 Å². The average Bonchev–Trinajstić information content (AvgIpc) is 2.76. The van der Waals surface area contributed by atoms with E-state index in [0.717, 1.165) is 18.4 Å². The van der Waals surface area contributed by atoms with Gasteiger partial charge in [0.1, 0.15) is 5.60 Å². The Labute approximate surface area is 208 Å². The molecule has 196 valence electrons. The van der Waals surface area contributed by atoms with E-state index >= 15 is 0 Å². The molecule has 0 saturated heterocycles. The van der Waals surface area contributed by atoms with Gasteiger partial charge in [-0.25, -0.2) is 4.79 Å². The van der Waals surface area contributed by atoms with Crippen molar-refractivity contribution in [2.75, 3.05) is 0 Å². The highest BCUT2D eigenvalue weighted by Crippen LogP contribution is 2.17. The summed E-state index contributed by atoms with van der Waals surface area (Å²) in [5.41, 5.74) is 0.406. The second kappa shape index (κ2) is 17.8. The largest absolute Gasteiger partial charge is 0.444 e. The second-order valence-corrected chi connectivity index (χ2v) is 10.7. The fourth-order valence-corrected chi connectivity index (χ4v) is 4.22. The molecular weight excluding hydrogens is 426 g/mol. The molecule has 0 bridgehead atoms. The van der Waals surface area contributed by atoms with Crippen LogP contribution >= 0.6 is 0 Å². The maximum Gasteiger partial charge on any atom is 0.407 e. The fraction of sp³-hybridized carbons (Fsp3) is 0.759. The first-order valence-electron chi connectivity index (χ1n) is 13.6. The van der Waals surface area contributed by atoms with E-state index in [-0.39, 0.29) is 6.42 Å². The molecule has 0 unspecified atom stereocenters.